The first-order valence-corrected chi connectivity index (χ1v) is 7.34. The van der Waals surface area contributed by atoms with E-state index >= 15 is 0 Å². The minimum Gasteiger partial charge on any atom is -0.378 e. The van der Waals surface area contributed by atoms with Crippen molar-refractivity contribution in [2.45, 2.75) is 20.3 Å². The molecule has 1 heterocycles. The molecule has 21 heavy (non-hydrogen) atoms. The molecule has 0 saturated carbocycles. The monoisotopic (exact) mass is 290 g/mol. The number of ether oxygens (including phenoxy) is 1. The lowest BCUT2D eigenvalue weighted by molar-refractivity contribution is -0.134. The average molecular weight is 290 g/mol. The van der Waals surface area contributed by atoms with Gasteiger partial charge in [0.05, 0.1) is 13.2 Å². The molecule has 0 aliphatic carbocycles. The number of amides is 2. The number of benzene rings is 1. The molecule has 0 aromatic heterocycles. The van der Waals surface area contributed by atoms with Crippen molar-refractivity contribution in [3.63, 3.8) is 0 Å². The fraction of sp³-hybridized carbons (Fsp3) is 0.500. The zero-order valence-corrected chi connectivity index (χ0v) is 12.7. The zero-order chi connectivity index (χ0) is 15.2. The molecule has 1 aromatic rings. The van der Waals surface area contributed by atoms with Gasteiger partial charge < -0.3 is 14.5 Å². The molecule has 1 saturated heterocycles. The Morgan fingerprint density at radius 1 is 1.19 bits per heavy atom. The SMILES string of the molecule is CCc1ccc(N(CC(=O)N2CCOCC2)C(C)=O)cc1. The summed E-state index contributed by atoms with van der Waals surface area (Å²) in [6.07, 6.45) is 0.951. The zero-order valence-electron chi connectivity index (χ0n) is 12.7. The lowest BCUT2D eigenvalue weighted by Crippen LogP contribution is -2.46. The van der Waals surface area contributed by atoms with Gasteiger partial charge in [0.15, 0.2) is 0 Å². The molecule has 1 aliphatic heterocycles. The van der Waals surface area contributed by atoms with Gasteiger partial charge in [0, 0.05) is 25.7 Å². The van der Waals surface area contributed by atoms with E-state index in [0.29, 0.717) is 26.3 Å². The van der Waals surface area contributed by atoms with Gasteiger partial charge in [-0.25, -0.2) is 0 Å². The van der Waals surface area contributed by atoms with Crippen LogP contribution in [0.5, 0.6) is 0 Å². The van der Waals surface area contributed by atoms with Gasteiger partial charge >= 0.3 is 0 Å². The Kier molecular flexibility index (Phi) is 5.33. The summed E-state index contributed by atoms with van der Waals surface area (Å²) in [5.74, 6) is -0.158. The third kappa shape index (κ3) is 4.04. The number of aryl methyl sites for hydroxylation is 1. The van der Waals surface area contributed by atoms with Crippen molar-refractivity contribution in [2.24, 2.45) is 0 Å². The molecule has 1 aromatic carbocycles. The molecule has 0 spiro atoms. The Morgan fingerprint density at radius 2 is 1.81 bits per heavy atom. The summed E-state index contributed by atoms with van der Waals surface area (Å²) in [6, 6.07) is 7.77. The number of rotatable bonds is 4. The van der Waals surface area contributed by atoms with E-state index in [1.54, 1.807) is 4.90 Å². The van der Waals surface area contributed by atoms with Crippen molar-refractivity contribution in [3.05, 3.63) is 29.8 Å². The standard InChI is InChI=1S/C16H22N2O3/c1-3-14-4-6-15(7-5-14)18(13(2)19)12-16(20)17-8-10-21-11-9-17/h4-7H,3,8-12H2,1-2H3. The van der Waals surface area contributed by atoms with Gasteiger partial charge in [0.1, 0.15) is 6.54 Å². The van der Waals surface area contributed by atoms with Crippen LogP contribution in [-0.2, 0) is 20.7 Å². The summed E-state index contributed by atoms with van der Waals surface area (Å²) in [5.41, 5.74) is 1.98. The highest BCUT2D eigenvalue weighted by atomic mass is 16.5. The summed E-state index contributed by atoms with van der Waals surface area (Å²) in [5, 5.41) is 0. The van der Waals surface area contributed by atoms with E-state index in [4.69, 9.17) is 4.74 Å². The van der Waals surface area contributed by atoms with Crippen LogP contribution in [0.25, 0.3) is 0 Å². The predicted molar refractivity (Wildman–Crippen MR) is 81.2 cm³/mol. The molecule has 2 rings (SSSR count). The molecule has 0 N–H and O–H groups in total. The van der Waals surface area contributed by atoms with Crippen LogP contribution in [0.1, 0.15) is 19.4 Å². The molecule has 2 amide bonds. The van der Waals surface area contributed by atoms with Crippen LogP contribution in [0.2, 0.25) is 0 Å². The van der Waals surface area contributed by atoms with Crippen molar-refractivity contribution in [1.82, 2.24) is 4.90 Å². The number of nitrogens with zero attached hydrogens (tertiary/aromatic N) is 2. The van der Waals surface area contributed by atoms with Gasteiger partial charge in [-0.15, -0.1) is 0 Å². The fourth-order valence-corrected chi connectivity index (χ4v) is 2.34. The van der Waals surface area contributed by atoms with Crippen LogP contribution in [0, 0.1) is 0 Å². The maximum Gasteiger partial charge on any atom is 0.242 e. The Hall–Kier alpha value is -1.88. The van der Waals surface area contributed by atoms with Crippen LogP contribution in [0.4, 0.5) is 5.69 Å². The summed E-state index contributed by atoms with van der Waals surface area (Å²) < 4.78 is 5.24. The Morgan fingerprint density at radius 3 is 2.33 bits per heavy atom. The second-order valence-electron chi connectivity index (χ2n) is 5.12. The lowest BCUT2D eigenvalue weighted by Gasteiger charge is -2.29. The van der Waals surface area contributed by atoms with Gasteiger partial charge in [-0.2, -0.15) is 0 Å². The molecular weight excluding hydrogens is 268 g/mol. The Balaban J connectivity index is 2.07. The maximum absolute atomic E-state index is 12.3. The molecule has 0 atom stereocenters. The van der Waals surface area contributed by atoms with E-state index in [1.165, 1.54) is 17.4 Å². The molecule has 1 fully saturated rings. The van der Waals surface area contributed by atoms with Gasteiger partial charge in [0.2, 0.25) is 11.8 Å². The molecule has 0 unspecified atom stereocenters. The van der Waals surface area contributed by atoms with Crippen molar-refractivity contribution in [2.75, 3.05) is 37.7 Å². The quantitative estimate of drug-likeness (QED) is 0.843. The number of hydrogen-bond acceptors (Lipinski definition) is 3. The first kappa shape index (κ1) is 15.5. The van der Waals surface area contributed by atoms with Crippen LogP contribution < -0.4 is 4.90 Å². The van der Waals surface area contributed by atoms with Crippen LogP contribution in [0.15, 0.2) is 24.3 Å². The lowest BCUT2D eigenvalue weighted by atomic mass is 10.1. The summed E-state index contributed by atoms with van der Waals surface area (Å²) in [6.45, 7) is 5.98. The van der Waals surface area contributed by atoms with E-state index in [0.717, 1.165) is 12.1 Å². The summed E-state index contributed by atoms with van der Waals surface area (Å²) in [7, 11) is 0. The molecule has 5 nitrogen and oxygen atoms in total. The second-order valence-corrected chi connectivity index (χ2v) is 5.12. The number of carbonyl (C=O) groups is 2. The third-order valence-corrected chi connectivity index (χ3v) is 3.69. The number of morpholine rings is 1. The third-order valence-electron chi connectivity index (χ3n) is 3.69. The first-order chi connectivity index (χ1) is 10.1. The topological polar surface area (TPSA) is 49.9 Å². The molecule has 1 aliphatic rings. The van der Waals surface area contributed by atoms with Crippen molar-refractivity contribution in [1.29, 1.82) is 0 Å². The number of anilines is 1. The van der Waals surface area contributed by atoms with Crippen molar-refractivity contribution in [3.8, 4) is 0 Å². The average Bonchev–Trinajstić information content (AvgIpc) is 2.53. The van der Waals surface area contributed by atoms with Gasteiger partial charge in [-0.1, -0.05) is 19.1 Å². The molecular formula is C16H22N2O3. The van der Waals surface area contributed by atoms with E-state index in [9.17, 15) is 9.59 Å². The van der Waals surface area contributed by atoms with Gasteiger partial charge in [-0.3, -0.25) is 9.59 Å². The molecule has 114 valence electrons. The van der Waals surface area contributed by atoms with E-state index in [2.05, 4.69) is 6.92 Å². The number of hydrogen-bond donors (Lipinski definition) is 0. The van der Waals surface area contributed by atoms with Crippen LogP contribution >= 0.6 is 0 Å². The van der Waals surface area contributed by atoms with E-state index < -0.39 is 0 Å². The highest BCUT2D eigenvalue weighted by Gasteiger charge is 2.21. The highest BCUT2D eigenvalue weighted by molar-refractivity contribution is 5.97. The normalized spacial score (nSPS) is 14.9. The van der Waals surface area contributed by atoms with Gasteiger partial charge in [0.25, 0.3) is 0 Å². The maximum atomic E-state index is 12.3. The smallest absolute Gasteiger partial charge is 0.242 e. The fourth-order valence-electron chi connectivity index (χ4n) is 2.34. The second kappa shape index (κ2) is 7.22. The minimum atomic E-state index is -0.124. The largest absolute Gasteiger partial charge is 0.378 e. The Bertz CT molecular complexity index is 493. The first-order valence-electron chi connectivity index (χ1n) is 7.34. The van der Waals surface area contributed by atoms with Crippen molar-refractivity contribution < 1.29 is 14.3 Å². The Labute approximate surface area is 125 Å². The van der Waals surface area contributed by atoms with Gasteiger partial charge in [-0.05, 0) is 24.1 Å². The molecule has 0 radical (unpaired) electrons. The van der Waals surface area contributed by atoms with Crippen LogP contribution in [0.3, 0.4) is 0 Å². The van der Waals surface area contributed by atoms with Crippen molar-refractivity contribution >= 4 is 17.5 Å². The molecule has 0 bridgehead atoms. The number of carbonyl (C=O) groups excluding carboxylic acids is 2. The summed E-state index contributed by atoms with van der Waals surface area (Å²) in [4.78, 5) is 27.4. The van der Waals surface area contributed by atoms with E-state index in [1.807, 2.05) is 24.3 Å². The predicted octanol–water partition coefficient (Wildman–Crippen LogP) is 1.46. The van der Waals surface area contributed by atoms with E-state index in [-0.39, 0.29) is 18.4 Å². The summed E-state index contributed by atoms with van der Waals surface area (Å²) >= 11 is 0. The minimum absolute atomic E-state index is 0.0342. The van der Waals surface area contributed by atoms with Crippen LogP contribution in [-0.4, -0.2) is 49.6 Å². The molecule has 5 heteroatoms. The highest BCUT2D eigenvalue weighted by Crippen LogP contribution is 2.16.